The third kappa shape index (κ3) is 2.43. The zero-order valence-electron chi connectivity index (χ0n) is 11.3. The van der Waals surface area contributed by atoms with Crippen molar-refractivity contribution in [2.75, 3.05) is 6.26 Å². The van der Waals surface area contributed by atoms with Crippen LogP contribution in [0.3, 0.4) is 0 Å². The van der Waals surface area contributed by atoms with Crippen LogP contribution in [0.15, 0.2) is 17.5 Å². The molecule has 0 spiro atoms. The molecule has 5 heteroatoms. The lowest BCUT2D eigenvalue weighted by Gasteiger charge is -2.29. The van der Waals surface area contributed by atoms with Gasteiger partial charge < -0.3 is 4.90 Å². The van der Waals surface area contributed by atoms with Crippen LogP contribution < -0.4 is 5.32 Å². The second-order valence-electron chi connectivity index (χ2n) is 5.38. The predicted octanol–water partition coefficient (Wildman–Crippen LogP) is 2.85. The molecule has 1 aromatic rings. The first kappa shape index (κ1) is 13.5. The minimum absolute atomic E-state index is 0.0552. The third-order valence-electron chi connectivity index (χ3n) is 4.21. The van der Waals surface area contributed by atoms with Crippen molar-refractivity contribution in [2.24, 2.45) is 0 Å². The summed E-state index contributed by atoms with van der Waals surface area (Å²) < 4.78 is 0. The summed E-state index contributed by atoms with van der Waals surface area (Å²) in [5.41, 5.74) is 0. The molecule has 19 heavy (non-hydrogen) atoms. The van der Waals surface area contributed by atoms with Gasteiger partial charge in [-0.25, -0.2) is 0 Å². The fourth-order valence-electron chi connectivity index (χ4n) is 3.18. The van der Waals surface area contributed by atoms with Crippen molar-refractivity contribution in [1.82, 2.24) is 10.2 Å². The van der Waals surface area contributed by atoms with Crippen LogP contribution in [0.25, 0.3) is 0 Å². The highest BCUT2D eigenvalue weighted by atomic mass is 32.2. The van der Waals surface area contributed by atoms with Crippen LogP contribution in [0.2, 0.25) is 0 Å². The van der Waals surface area contributed by atoms with Gasteiger partial charge in [0.15, 0.2) is 0 Å². The molecule has 0 aromatic carbocycles. The van der Waals surface area contributed by atoms with Crippen LogP contribution in [0.4, 0.5) is 0 Å². The largest absolute Gasteiger partial charge is 0.318 e. The van der Waals surface area contributed by atoms with E-state index in [2.05, 4.69) is 34.0 Å². The maximum Gasteiger partial charge on any atom is 0.241 e. The summed E-state index contributed by atoms with van der Waals surface area (Å²) in [6.45, 7) is 1.98. The number of thioether (sulfide) groups is 1. The maximum absolute atomic E-state index is 12.5. The molecule has 104 valence electrons. The minimum Gasteiger partial charge on any atom is -0.318 e. The summed E-state index contributed by atoms with van der Waals surface area (Å²) in [5.74, 6) is 0.269. The molecule has 2 heterocycles. The topological polar surface area (TPSA) is 32.3 Å². The van der Waals surface area contributed by atoms with Gasteiger partial charge in [0.05, 0.1) is 6.04 Å². The van der Waals surface area contributed by atoms with E-state index in [-0.39, 0.29) is 18.1 Å². The van der Waals surface area contributed by atoms with Crippen molar-refractivity contribution in [3.05, 3.63) is 22.4 Å². The van der Waals surface area contributed by atoms with Crippen LogP contribution in [0.1, 0.15) is 37.2 Å². The lowest BCUT2D eigenvalue weighted by atomic mass is 10.2. The first-order chi connectivity index (χ1) is 9.20. The summed E-state index contributed by atoms with van der Waals surface area (Å²) in [6, 6.07) is 4.55. The SMILES string of the molecule is CSC1CCC(N2C(=O)C(C)NC2c2cccs2)C1. The van der Waals surface area contributed by atoms with E-state index in [4.69, 9.17) is 0 Å². The molecule has 1 amide bonds. The lowest BCUT2D eigenvalue weighted by molar-refractivity contribution is -0.131. The lowest BCUT2D eigenvalue weighted by Crippen LogP contribution is -2.38. The zero-order valence-corrected chi connectivity index (χ0v) is 13.0. The summed E-state index contributed by atoms with van der Waals surface area (Å²) >= 11 is 3.67. The number of rotatable bonds is 3. The second-order valence-corrected chi connectivity index (χ2v) is 7.49. The van der Waals surface area contributed by atoms with Gasteiger partial charge in [0.25, 0.3) is 0 Å². The highest BCUT2D eigenvalue weighted by Gasteiger charge is 2.43. The van der Waals surface area contributed by atoms with E-state index in [9.17, 15) is 4.79 Å². The van der Waals surface area contributed by atoms with Crippen molar-refractivity contribution in [3.63, 3.8) is 0 Å². The standard InChI is InChI=1S/C14H20N2OS2/c1-9-14(17)16(10-5-6-11(8-10)18-2)13(15-9)12-4-3-7-19-12/h3-4,7,9-11,13,15H,5-6,8H2,1-2H3. The van der Waals surface area contributed by atoms with Gasteiger partial charge in [-0.3, -0.25) is 10.1 Å². The molecular weight excluding hydrogens is 276 g/mol. The number of thiophene rings is 1. The van der Waals surface area contributed by atoms with Crippen LogP contribution in [-0.2, 0) is 4.79 Å². The molecule has 2 fully saturated rings. The average Bonchev–Trinajstić information content (AvgIpc) is 3.11. The number of carbonyl (C=O) groups excluding carboxylic acids is 1. The van der Waals surface area contributed by atoms with Gasteiger partial charge in [-0.05, 0) is 43.9 Å². The van der Waals surface area contributed by atoms with Gasteiger partial charge in [0.2, 0.25) is 5.91 Å². The number of hydrogen-bond donors (Lipinski definition) is 1. The Kier molecular flexibility index (Phi) is 3.87. The Morgan fingerprint density at radius 2 is 2.32 bits per heavy atom. The average molecular weight is 296 g/mol. The molecule has 1 aliphatic carbocycles. The molecule has 0 radical (unpaired) electrons. The molecule has 4 atom stereocenters. The van der Waals surface area contributed by atoms with Crippen molar-refractivity contribution in [3.8, 4) is 0 Å². The summed E-state index contributed by atoms with van der Waals surface area (Å²) in [5, 5.41) is 6.25. The Bertz CT molecular complexity index is 448. The zero-order chi connectivity index (χ0) is 13.4. The number of nitrogens with one attached hydrogen (secondary N) is 1. The summed E-state index contributed by atoms with van der Waals surface area (Å²) in [7, 11) is 0. The van der Waals surface area contributed by atoms with Gasteiger partial charge in [-0.1, -0.05) is 6.07 Å². The van der Waals surface area contributed by atoms with Crippen molar-refractivity contribution in [2.45, 2.75) is 49.7 Å². The van der Waals surface area contributed by atoms with E-state index in [1.807, 2.05) is 18.7 Å². The first-order valence-corrected chi connectivity index (χ1v) is 9.02. The van der Waals surface area contributed by atoms with E-state index in [1.165, 1.54) is 11.3 Å². The molecular formula is C14H20N2OS2. The fraction of sp³-hybridized carbons (Fsp3) is 0.643. The minimum atomic E-state index is -0.0552. The summed E-state index contributed by atoms with van der Waals surface area (Å²) in [6.07, 6.45) is 5.79. The van der Waals surface area contributed by atoms with Gasteiger partial charge in [-0.15, -0.1) is 11.3 Å². The molecule has 1 N–H and O–H groups in total. The second kappa shape index (κ2) is 5.46. The molecule has 1 aliphatic heterocycles. The van der Waals surface area contributed by atoms with E-state index in [0.717, 1.165) is 18.1 Å². The quantitative estimate of drug-likeness (QED) is 0.931. The number of amides is 1. The fourth-order valence-corrected chi connectivity index (χ4v) is 4.75. The maximum atomic E-state index is 12.5. The normalized spacial score (nSPS) is 35.3. The smallest absolute Gasteiger partial charge is 0.241 e. The Balaban J connectivity index is 1.82. The van der Waals surface area contributed by atoms with Gasteiger partial charge in [-0.2, -0.15) is 11.8 Å². The highest BCUT2D eigenvalue weighted by Crippen LogP contribution is 2.38. The van der Waals surface area contributed by atoms with Crippen LogP contribution in [0, 0.1) is 0 Å². The monoisotopic (exact) mass is 296 g/mol. The van der Waals surface area contributed by atoms with Gasteiger partial charge >= 0.3 is 0 Å². The van der Waals surface area contributed by atoms with E-state index >= 15 is 0 Å². The van der Waals surface area contributed by atoms with Crippen molar-refractivity contribution < 1.29 is 4.79 Å². The van der Waals surface area contributed by atoms with Crippen molar-refractivity contribution >= 4 is 29.0 Å². The Labute approximate surface area is 122 Å². The molecule has 2 aliphatic rings. The number of nitrogens with zero attached hydrogens (tertiary/aromatic N) is 1. The van der Waals surface area contributed by atoms with Crippen LogP contribution >= 0.6 is 23.1 Å². The summed E-state index contributed by atoms with van der Waals surface area (Å²) in [4.78, 5) is 15.8. The van der Waals surface area contributed by atoms with E-state index < -0.39 is 0 Å². The van der Waals surface area contributed by atoms with Gasteiger partial charge in [0.1, 0.15) is 6.17 Å². The molecule has 0 bridgehead atoms. The van der Waals surface area contributed by atoms with Crippen molar-refractivity contribution in [1.29, 1.82) is 0 Å². The van der Waals surface area contributed by atoms with Crippen LogP contribution in [0.5, 0.6) is 0 Å². The first-order valence-electron chi connectivity index (χ1n) is 6.85. The Morgan fingerprint density at radius 3 is 2.95 bits per heavy atom. The molecule has 4 unspecified atom stereocenters. The van der Waals surface area contributed by atoms with E-state index in [1.54, 1.807) is 11.3 Å². The molecule has 1 aromatic heterocycles. The number of hydrogen-bond acceptors (Lipinski definition) is 4. The Morgan fingerprint density at radius 1 is 1.47 bits per heavy atom. The predicted molar refractivity (Wildman–Crippen MR) is 81.4 cm³/mol. The van der Waals surface area contributed by atoms with E-state index in [0.29, 0.717) is 6.04 Å². The highest BCUT2D eigenvalue weighted by molar-refractivity contribution is 7.99. The molecule has 1 saturated heterocycles. The molecule has 3 rings (SSSR count). The van der Waals surface area contributed by atoms with Crippen LogP contribution in [-0.4, -0.2) is 34.4 Å². The molecule has 1 saturated carbocycles. The Hall–Kier alpha value is -0.520. The number of carbonyl (C=O) groups is 1. The van der Waals surface area contributed by atoms with Gasteiger partial charge in [0, 0.05) is 16.2 Å². The molecule has 3 nitrogen and oxygen atoms in total. The third-order valence-corrected chi connectivity index (χ3v) is 6.23.